The Morgan fingerprint density at radius 3 is 2.28 bits per heavy atom. The van der Waals surface area contributed by atoms with Crippen molar-refractivity contribution in [1.82, 2.24) is 15.0 Å². The van der Waals surface area contributed by atoms with Crippen LogP contribution in [0.4, 0.5) is 28.1 Å². The standard InChI is InChI=1S/C20H21N7O2/c1-12-9-10-14(17(28)24-15-7-5-4-6-8-15)11-16(12)25-20(29)27-19-23-13(2)22-18(21-3)26-19/h4-11H,1-3H3,(H,24,28)(H3,21,22,23,25,26,27,29). The monoisotopic (exact) mass is 391 g/mol. The number of carbonyl (C=O) groups excluding carboxylic acids is 2. The molecule has 3 amide bonds. The van der Waals surface area contributed by atoms with E-state index in [2.05, 4.69) is 36.2 Å². The molecule has 0 saturated carbocycles. The van der Waals surface area contributed by atoms with Crippen LogP contribution < -0.4 is 21.3 Å². The van der Waals surface area contributed by atoms with Crippen molar-refractivity contribution in [1.29, 1.82) is 0 Å². The van der Waals surface area contributed by atoms with Gasteiger partial charge in [-0.15, -0.1) is 0 Å². The van der Waals surface area contributed by atoms with Crippen LogP contribution >= 0.6 is 0 Å². The van der Waals surface area contributed by atoms with Crippen LogP contribution in [0.1, 0.15) is 21.7 Å². The lowest BCUT2D eigenvalue weighted by molar-refractivity contribution is 0.102. The molecular weight excluding hydrogens is 370 g/mol. The molecule has 0 spiro atoms. The number of aromatic nitrogens is 3. The van der Waals surface area contributed by atoms with Gasteiger partial charge in [0.15, 0.2) is 0 Å². The van der Waals surface area contributed by atoms with Crippen molar-refractivity contribution in [3.8, 4) is 0 Å². The van der Waals surface area contributed by atoms with Gasteiger partial charge in [-0.05, 0) is 43.7 Å². The van der Waals surface area contributed by atoms with Crippen molar-refractivity contribution in [2.24, 2.45) is 0 Å². The Labute approximate surface area is 168 Å². The zero-order valence-corrected chi connectivity index (χ0v) is 16.3. The van der Waals surface area contributed by atoms with Gasteiger partial charge in [0, 0.05) is 24.0 Å². The number of anilines is 4. The molecule has 0 fully saturated rings. The van der Waals surface area contributed by atoms with Crippen molar-refractivity contribution in [3.05, 3.63) is 65.5 Å². The molecule has 0 aliphatic rings. The summed E-state index contributed by atoms with van der Waals surface area (Å²) >= 11 is 0. The van der Waals surface area contributed by atoms with Gasteiger partial charge in [-0.1, -0.05) is 24.3 Å². The number of hydrogen-bond acceptors (Lipinski definition) is 6. The topological polar surface area (TPSA) is 121 Å². The maximum absolute atomic E-state index is 12.5. The number of carbonyl (C=O) groups is 2. The van der Waals surface area contributed by atoms with E-state index in [4.69, 9.17) is 0 Å². The highest BCUT2D eigenvalue weighted by molar-refractivity contribution is 6.06. The third kappa shape index (κ3) is 5.25. The van der Waals surface area contributed by atoms with E-state index in [0.717, 1.165) is 5.56 Å². The molecule has 4 N–H and O–H groups in total. The number of para-hydroxylation sites is 1. The minimum absolute atomic E-state index is 0.120. The van der Waals surface area contributed by atoms with Gasteiger partial charge in [0.1, 0.15) is 5.82 Å². The Hall–Kier alpha value is -4.01. The van der Waals surface area contributed by atoms with Crippen LogP contribution in [0.15, 0.2) is 48.5 Å². The minimum Gasteiger partial charge on any atom is -0.357 e. The summed E-state index contributed by atoms with van der Waals surface area (Å²) in [4.78, 5) is 37.1. The molecule has 0 saturated heterocycles. The quantitative estimate of drug-likeness (QED) is 0.529. The van der Waals surface area contributed by atoms with Crippen LogP contribution in [0.5, 0.6) is 0 Å². The highest BCUT2D eigenvalue weighted by Crippen LogP contribution is 2.19. The summed E-state index contributed by atoms with van der Waals surface area (Å²) in [5.41, 5.74) is 2.42. The van der Waals surface area contributed by atoms with E-state index >= 15 is 0 Å². The highest BCUT2D eigenvalue weighted by Gasteiger charge is 2.12. The van der Waals surface area contributed by atoms with Crippen LogP contribution in [-0.4, -0.2) is 33.9 Å². The van der Waals surface area contributed by atoms with Crippen molar-refractivity contribution >= 4 is 35.2 Å². The number of amides is 3. The van der Waals surface area contributed by atoms with Gasteiger partial charge in [-0.25, -0.2) is 4.79 Å². The van der Waals surface area contributed by atoms with Gasteiger partial charge < -0.3 is 16.0 Å². The summed E-state index contributed by atoms with van der Waals surface area (Å²) in [6.07, 6.45) is 0. The molecular formula is C20H21N7O2. The van der Waals surface area contributed by atoms with Crippen molar-refractivity contribution in [2.75, 3.05) is 28.3 Å². The molecule has 9 nitrogen and oxygen atoms in total. The maximum atomic E-state index is 12.5. The number of nitrogens with zero attached hydrogens (tertiary/aromatic N) is 3. The second kappa shape index (κ2) is 8.79. The first kappa shape index (κ1) is 19.7. The molecule has 0 bridgehead atoms. The summed E-state index contributed by atoms with van der Waals surface area (Å²) in [7, 11) is 1.67. The lowest BCUT2D eigenvalue weighted by Gasteiger charge is -2.12. The minimum atomic E-state index is -0.527. The molecule has 2 aromatic carbocycles. The number of urea groups is 1. The Morgan fingerprint density at radius 1 is 0.828 bits per heavy atom. The number of rotatable bonds is 5. The van der Waals surface area contributed by atoms with Crippen molar-refractivity contribution < 1.29 is 9.59 Å². The smallest absolute Gasteiger partial charge is 0.326 e. The van der Waals surface area contributed by atoms with Crippen LogP contribution in [0.2, 0.25) is 0 Å². The lowest BCUT2D eigenvalue weighted by Crippen LogP contribution is -2.22. The zero-order valence-electron chi connectivity index (χ0n) is 16.3. The second-order valence-corrected chi connectivity index (χ2v) is 6.21. The summed E-state index contributed by atoms with van der Waals surface area (Å²) in [6, 6.07) is 13.7. The van der Waals surface area contributed by atoms with E-state index in [1.807, 2.05) is 25.1 Å². The van der Waals surface area contributed by atoms with E-state index in [9.17, 15) is 9.59 Å². The average molecular weight is 391 g/mol. The first-order valence-corrected chi connectivity index (χ1v) is 8.90. The van der Waals surface area contributed by atoms with E-state index in [1.54, 1.807) is 44.3 Å². The molecule has 29 heavy (non-hydrogen) atoms. The maximum Gasteiger partial charge on any atom is 0.326 e. The summed E-state index contributed by atoms with van der Waals surface area (Å²) in [6.45, 7) is 3.53. The molecule has 1 heterocycles. The molecule has 3 rings (SSSR count). The SMILES string of the molecule is CNc1nc(C)nc(NC(=O)Nc2cc(C(=O)Nc3ccccc3)ccc2C)n1. The number of benzene rings is 2. The molecule has 0 aliphatic carbocycles. The summed E-state index contributed by atoms with van der Waals surface area (Å²) in [5.74, 6) is 0.667. The van der Waals surface area contributed by atoms with Crippen LogP contribution in [0.25, 0.3) is 0 Å². The van der Waals surface area contributed by atoms with Crippen molar-refractivity contribution in [2.45, 2.75) is 13.8 Å². The first-order chi connectivity index (χ1) is 13.9. The van der Waals surface area contributed by atoms with E-state index in [0.29, 0.717) is 28.7 Å². The number of aryl methyl sites for hydroxylation is 2. The predicted octanol–water partition coefficient (Wildman–Crippen LogP) is 3.43. The van der Waals surface area contributed by atoms with E-state index in [1.165, 1.54) is 0 Å². The van der Waals surface area contributed by atoms with E-state index in [-0.39, 0.29) is 11.9 Å². The molecule has 1 aromatic heterocycles. The summed E-state index contributed by atoms with van der Waals surface area (Å²) in [5, 5.41) is 10.9. The van der Waals surface area contributed by atoms with Gasteiger partial charge in [0.25, 0.3) is 5.91 Å². The fourth-order valence-electron chi connectivity index (χ4n) is 2.53. The molecule has 148 valence electrons. The molecule has 0 aliphatic heterocycles. The third-order valence-corrected chi connectivity index (χ3v) is 3.98. The normalized spacial score (nSPS) is 10.2. The Kier molecular flexibility index (Phi) is 5.98. The molecule has 9 heteroatoms. The third-order valence-electron chi connectivity index (χ3n) is 3.98. The molecule has 0 radical (unpaired) electrons. The molecule has 0 atom stereocenters. The first-order valence-electron chi connectivity index (χ1n) is 8.90. The molecule has 3 aromatic rings. The van der Waals surface area contributed by atoms with Gasteiger partial charge in [0.05, 0.1) is 0 Å². The Morgan fingerprint density at radius 2 is 1.55 bits per heavy atom. The predicted molar refractivity (Wildman–Crippen MR) is 112 cm³/mol. The van der Waals surface area contributed by atoms with Crippen LogP contribution in [0, 0.1) is 13.8 Å². The average Bonchev–Trinajstić information content (AvgIpc) is 2.69. The second-order valence-electron chi connectivity index (χ2n) is 6.21. The number of nitrogens with one attached hydrogen (secondary N) is 4. The van der Waals surface area contributed by atoms with Crippen molar-refractivity contribution in [3.63, 3.8) is 0 Å². The van der Waals surface area contributed by atoms with Gasteiger partial charge >= 0.3 is 6.03 Å². The fraction of sp³-hybridized carbons (Fsp3) is 0.150. The fourth-order valence-corrected chi connectivity index (χ4v) is 2.53. The van der Waals surface area contributed by atoms with Crippen LogP contribution in [-0.2, 0) is 0 Å². The largest absolute Gasteiger partial charge is 0.357 e. The van der Waals surface area contributed by atoms with Gasteiger partial charge in [0.2, 0.25) is 11.9 Å². The highest BCUT2D eigenvalue weighted by atomic mass is 16.2. The van der Waals surface area contributed by atoms with E-state index < -0.39 is 6.03 Å². The number of hydrogen-bond donors (Lipinski definition) is 4. The van der Waals surface area contributed by atoms with Gasteiger partial charge in [-0.2, -0.15) is 15.0 Å². The Balaban J connectivity index is 1.72. The molecule has 0 unspecified atom stereocenters. The Bertz CT molecular complexity index is 1040. The summed E-state index contributed by atoms with van der Waals surface area (Å²) < 4.78 is 0. The zero-order chi connectivity index (χ0) is 20.8. The van der Waals surface area contributed by atoms with Gasteiger partial charge in [-0.3, -0.25) is 10.1 Å². The lowest BCUT2D eigenvalue weighted by atomic mass is 10.1. The van der Waals surface area contributed by atoms with Crippen LogP contribution in [0.3, 0.4) is 0 Å².